The van der Waals surface area contributed by atoms with Gasteiger partial charge in [-0.05, 0) is 54.4 Å². The molecule has 1 saturated heterocycles. The minimum Gasteiger partial charge on any atom is -0.478 e. The van der Waals surface area contributed by atoms with E-state index in [0.717, 1.165) is 17.2 Å². The monoisotopic (exact) mass is 583 g/mol. The highest BCUT2D eigenvalue weighted by atomic mass is 19.1. The Hall–Kier alpha value is -4.63. The van der Waals surface area contributed by atoms with Crippen LogP contribution in [0.5, 0.6) is 5.88 Å². The number of aromatic nitrogens is 3. The molecule has 220 valence electrons. The van der Waals surface area contributed by atoms with Crippen molar-refractivity contribution >= 4 is 17.0 Å². The molecular weight excluding hydrogens is 552 g/mol. The molecule has 0 aliphatic carbocycles. The summed E-state index contributed by atoms with van der Waals surface area (Å²) in [6, 6.07) is 19.7. The number of aryl methyl sites for hydroxylation is 1. The van der Waals surface area contributed by atoms with E-state index >= 15 is 8.78 Å². The number of benzene rings is 3. The van der Waals surface area contributed by atoms with Gasteiger partial charge in [-0.2, -0.15) is 0 Å². The second-order valence-electron chi connectivity index (χ2n) is 11.7. The largest absolute Gasteiger partial charge is 0.478 e. The fraction of sp³-hybridized carbons (Fsp3) is 0.265. The average molecular weight is 584 g/mol. The molecule has 43 heavy (non-hydrogen) atoms. The number of pyridine rings is 1. The lowest BCUT2D eigenvalue weighted by Gasteiger charge is -2.28. The van der Waals surface area contributed by atoms with E-state index in [-0.39, 0.29) is 40.3 Å². The third-order valence-electron chi connectivity index (χ3n) is 7.96. The number of carboxylic acid groups (broad SMARTS) is 1. The van der Waals surface area contributed by atoms with Crippen LogP contribution in [0.15, 0.2) is 72.8 Å². The van der Waals surface area contributed by atoms with Crippen molar-refractivity contribution in [1.82, 2.24) is 14.5 Å². The molecule has 1 N–H and O–H groups in total. The van der Waals surface area contributed by atoms with Gasteiger partial charge in [0.1, 0.15) is 24.1 Å². The molecule has 1 aliphatic rings. The third-order valence-corrected chi connectivity index (χ3v) is 7.96. The summed E-state index contributed by atoms with van der Waals surface area (Å²) in [6.45, 7) is 7.32. The van der Waals surface area contributed by atoms with Crippen molar-refractivity contribution in [2.45, 2.75) is 39.8 Å². The first-order valence-corrected chi connectivity index (χ1v) is 14.0. The zero-order valence-corrected chi connectivity index (χ0v) is 24.1. The molecule has 0 spiro atoms. The number of imidazole rings is 1. The van der Waals surface area contributed by atoms with Crippen molar-refractivity contribution in [2.24, 2.45) is 5.41 Å². The van der Waals surface area contributed by atoms with E-state index in [1.807, 2.05) is 35.8 Å². The van der Waals surface area contributed by atoms with Gasteiger partial charge in [0, 0.05) is 23.5 Å². The molecule has 0 unspecified atom stereocenters. The number of ether oxygens (including phenoxy) is 2. The summed E-state index contributed by atoms with van der Waals surface area (Å²) < 4.78 is 44.7. The zero-order valence-electron chi connectivity index (χ0n) is 24.1. The van der Waals surface area contributed by atoms with E-state index in [1.54, 1.807) is 30.3 Å². The van der Waals surface area contributed by atoms with E-state index in [0.29, 0.717) is 42.6 Å². The molecule has 0 amide bonds. The van der Waals surface area contributed by atoms with Crippen molar-refractivity contribution in [3.05, 3.63) is 113 Å². The number of carboxylic acids is 1. The van der Waals surface area contributed by atoms with Crippen LogP contribution in [0.2, 0.25) is 0 Å². The molecule has 0 radical (unpaired) electrons. The van der Waals surface area contributed by atoms with Crippen molar-refractivity contribution in [1.29, 1.82) is 0 Å². The van der Waals surface area contributed by atoms with E-state index in [9.17, 15) is 9.90 Å². The van der Waals surface area contributed by atoms with Gasteiger partial charge in [0.15, 0.2) is 0 Å². The van der Waals surface area contributed by atoms with E-state index in [4.69, 9.17) is 14.5 Å². The highest BCUT2D eigenvalue weighted by Crippen LogP contribution is 2.40. The zero-order chi connectivity index (χ0) is 30.3. The number of fused-ring (bicyclic) bond motifs is 1. The normalized spacial score (nSPS) is 16.1. The van der Waals surface area contributed by atoms with E-state index < -0.39 is 17.6 Å². The van der Waals surface area contributed by atoms with Crippen LogP contribution in [-0.2, 0) is 17.8 Å². The molecule has 3 aromatic carbocycles. The first-order chi connectivity index (χ1) is 20.6. The minimum atomic E-state index is -1.06. The van der Waals surface area contributed by atoms with Crippen LogP contribution >= 0.6 is 0 Å². The predicted octanol–water partition coefficient (Wildman–Crippen LogP) is 7.15. The van der Waals surface area contributed by atoms with Crippen molar-refractivity contribution in [3.8, 4) is 17.1 Å². The molecule has 6 rings (SSSR count). The lowest BCUT2D eigenvalue weighted by molar-refractivity contribution is 0.0697. The van der Waals surface area contributed by atoms with Gasteiger partial charge in [-0.1, -0.05) is 49.7 Å². The Balaban J connectivity index is 1.32. The van der Waals surface area contributed by atoms with Gasteiger partial charge in [0.05, 0.1) is 41.5 Å². The topological polar surface area (TPSA) is 86.5 Å². The molecule has 1 fully saturated rings. The fourth-order valence-electron chi connectivity index (χ4n) is 5.50. The van der Waals surface area contributed by atoms with Crippen molar-refractivity contribution in [3.63, 3.8) is 0 Å². The lowest BCUT2D eigenvalue weighted by Crippen LogP contribution is -2.27. The Morgan fingerprint density at radius 1 is 1.05 bits per heavy atom. The molecule has 1 atom stereocenters. The quantitative estimate of drug-likeness (QED) is 0.209. The highest BCUT2D eigenvalue weighted by molar-refractivity contribution is 5.92. The second-order valence-corrected chi connectivity index (χ2v) is 11.7. The van der Waals surface area contributed by atoms with Gasteiger partial charge in [-0.15, -0.1) is 0 Å². The number of hydrogen-bond donors (Lipinski definition) is 1. The van der Waals surface area contributed by atoms with Crippen LogP contribution in [0.1, 0.15) is 52.8 Å². The van der Waals surface area contributed by atoms with Gasteiger partial charge in [0.2, 0.25) is 5.88 Å². The smallest absolute Gasteiger partial charge is 0.335 e. The van der Waals surface area contributed by atoms with Crippen LogP contribution in [0.25, 0.3) is 22.3 Å². The molecule has 7 nitrogen and oxygen atoms in total. The third kappa shape index (κ3) is 5.72. The number of halogens is 2. The molecule has 0 bridgehead atoms. The molecule has 5 aromatic rings. The number of nitrogens with zero attached hydrogens (tertiary/aromatic N) is 3. The SMILES string of the molecule is Cc1ccc(COc2cccc(-c3cc(F)c(Cc4nc5ccc(C(=O)O)cc5n4[C@@H]4COCC4(C)C)cc3F)n2)cc1. The Morgan fingerprint density at radius 2 is 1.84 bits per heavy atom. The molecule has 2 aromatic heterocycles. The number of rotatable bonds is 8. The van der Waals surface area contributed by atoms with E-state index in [2.05, 4.69) is 18.8 Å². The molecule has 1 aliphatic heterocycles. The summed E-state index contributed by atoms with van der Waals surface area (Å²) >= 11 is 0. The van der Waals surface area contributed by atoms with Crippen molar-refractivity contribution < 1.29 is 28.2 Å². The van der Waals surface area contributed by atoms with Crippen LogP contribution < -0.4 is 4.74 Å². The van der Waals surface area contributed by atoms with Crippen LogP contribution in [0.3, 0.4) is 0 Å². The number of aromatic carboxylic acids is 1. The Bertz CT molecular complexity index is 1830. The molecule has 3 heterocycles. The highest BCUT2D eigenvalue weighted by Gasteiger charge is 2.39. The maximum atomic E-state index is 15.6. The standard InChI is InChI=1S/C34H31F2N3O4/c1-20-7-9-21(10-8-20)17-43-32-6-4-5-27(38-32)24-16-25(35)23(13-26(24)36)15-31-37-28-12-11-22(33(40)41)14-29(28)39(31)30-18-42-19-34(30,2)3/h4-14,16,30H,15,17-19H2,1-3H3,(H,40,41)/t30-/m1/s1. The number of hydrogen-bond acceptors (Lipinski definition) is 5. The van der Waals surface area contributed by atoms with Crippen LogP contribution in [0, 0.1) is 24.0 Å². The maximum absolute atomic E-state index is 15.6. The predicted molar refractivity (Wildman–Crippen MR) is 158 cm³/mol. The molecule has 9 heteroatoms. The first-order valence-electron chi connectivity index (χ1n) is 14.0. The van der Waals surface area contributed by atoms with Gasteiger partial charge < -0.3 is 19.1 Å². The van der Waals surface area contributed by atoms with E-state index in [1.165, 1.54) is 12.1 Å². The summed E-state index contributed by atoms with van der Waals surface area (Å²) in [4.78, 5) is 20.9. The Kier molecular flexibility index (Phi) is 7.43. The summed E-state index contributed by atoms with van der Waals surface area (Å²) in [5, 5.41) is 9.58. The number of carbonyl (C=O) groups is 1. The molecule has 0 saturated carbocycles. The van der Waals surface area contributed by atoms with Crippen LogP contribution in [-0.4, -0.2) is 38.8 Å². The fourth-order valence-corrected chi connectivity index (χ4v) is 5.50. The Labute approximate surface area is 247 Å². The minimum absolute atomic E-state index is 0.000171. The maximum Gasteiger partial charge on any atom is 0.335 e. The van der Waals surface area contributed by atoms with Crippen LogP contribution in [0.4, 0.5) is 8.78 Å². The summed E-state index contributed by atoms with van der Waals surface area (Å²) in [5.41, 5.74) is 3.54. The average Bonchev–Trinajstić information content (AvgIpc) is 3.51. The first kappa shape index (κ1) is 28.5. The second kappa shape index (κ2) is 11.2. The van der Waals surface area contributed by atoms with Gasteiger partial charge in [-0.25, -0.2) is 23.5 Å². The van der Waals surface area contributed by atoms with Gasteiger partial charge >= 0.3 is 5.97 Å². The van der Waals surface area contributed by atoms with Crippen molar-refractivity contribution in [2.75, 3.05) is 13.2 Å². The van der Waals surface area contributed by atoms with Gasteiger partial charge in [-0.3, -0.25) is 0 Å². The summed E-state index contributed by atoms with van der Waals surface area (Å²) in [6.07, 6.45) is -0.000171. The summed E-state index contributed by atoms with van der Waals surface area (Å²) in [5.74, 6) is -1.48. The Morgan fingerprint density at radius 3 is 2.56 bits per heavy atom. The molecular formula is C34H31F2N3O4. The summed E-state index contributed by atoms with van der Waals surface area (Å²) in [7, 11) is 0. The lowest BCUT2D eigenvalue weighted by atomic mass is 9.87. The van der Waals surface area contributed by atoms with Gasteiger partial charge in [0.25, 0.3) is 0 Å².